The quantitative estimate of drug-likeness (QED) is 0.875. The highest BCUT2D eigenvalue weighted by Gasteiger charge is 2.39. The van der Waals surface area contributed by atoms with E-state index in [1.807, 2.05) is 6.07 Å². The Labute approximate surface area is 134 Å². The van der Waals surface area contributed by atoms with Gasteiger partial charge in [-0.15, -0.1) is 0 Å². The summed E-state index contributed by atoms with van der Waals surface area (Å²) in [5.41, 5.74) is 0.447. The Morgan fingerprint density at radius 2 is 1.82 bits per heavy atom. The maximum absolute atomic E-state index is 14.2. The lowest BCUT2D eigenvalue weighted by Crippen LogP contribution is -2.44. The van der Waals surface area contributed by atoms with Crippen LogP contribution >= 0.6 is 11.6 Å². The number of amides is 1. The predicted octanol–water partition coefficient (Wildman–Crippen LogP) is 4.68. The number of halogens is 2. The van der Waals surface area contributed by atoms with Gasteiger partial charge in [0.1, 0.15) is 5.82 Å². The van der Waals surface area contributed by atoms with E-state index in [0.29, 0.717) is 16.1 Å². The topological polar surface area (TPSA) is 29.1 Å². The van der Waals surface area contributed by atoms with Crippen LogP contribution in [0.5, 0.6) is 0 Å². The number of benzene rings is 2. The molecule has 0 aliphatic heterocycles. The fourth-order valence-corrected chi connectivity index (χ4v) is 3.40. The first-order valence-electron chi connectivity index (χ1n) is 7.44. The fraction of sp³-hybridized carbons (Fsp3) is 0.278. The van der Waals surface area contributed by atoms with Crippen LogP contribution in [0.4, 0.5) is 4.39 Å². The van der Waals surface area contributed by atoms with Gasteiger partial charge in [-0.3, -0.25) is 4.79 Å². The molecule has 0 radical (unpaired) electrons. The molecule has 114 valence electrons. The van der Waals surface area contributed by atoms with Crippen LogP contribution in [0.2, 0.25) is 5.02 Å². The summed E-state index contributed by atoms with van der Waals surface area (Å²) in [5, 5.41) is 3.57. The van der Waals surface area contributed by atoms with E-state index in [0.717, 1.165) is 25.7 Å². The summed E-state index contributed by atoms with van der Waals surface area (Å²) >= 11 is 5.94. The summed E-state index contributed by atoms with van der Waals surface area (Å²) in [6, 6.07) is 13.5. The summed E-state index contributed by atoms with van der Waals surface area (Å²) in [4.78, 5) is 12.6. The zero-order chi connectivity index (χ0) is 15.6. The van der Waals surface area contributed by atoms with Gasteiger partial charge in [-0.1, -0.05) is 48.7 Å². The SMILES string of the molecule is O=C(NC1(c2ccccc2F)CCCC1)c1cccc(Cl)c1. The minimum atomic E-state index is -0.620. The maximum Gasteiger partial charge on any atom is 0.252 e. The molecule has 0 bridgehead atoms. The van der Waals surface area contributed by atoms with Crippen LogP contribution < -0.4 is 5.32 Å². The van der Waals surface area contributed by atoms with Crippen molar-refractivity contribution >= 4 is 17.5 Å². The second-order valence-electron chi connectivity index (χ2n) is 5.73. The first-order valence-corrected chi connectivity index (χ1v) is 7.82. The zero-order valence-electron chi connectivity index (χ0n) is 12.1. The molecule has 1 amide bonds. The van der Waals surface area contributed by atoms with E-state index >= 15 is 0 Å². The smallest absolute Gasteiger partial charge is 0.252 e. The molecule has 0 atom stereocenters. The summed E-state index contributed by atoms with van der Waals surface area (Å²) in [6.45, 7) is 0. The zero-order valence-corrected chi connectivity index (χ0v) is 12.9. The molecule has 22 heavy (non-hydrogen) atoms. The van der Waals surface area contributed by atoms with Crippen LogP contribution in [0.1, 0.15) is 41.6 Å². The predicted molar refractivity (Wildman–Crippen MR) is 85.5 cm³/mol. The van der Waals surface area contributed by atoms with Gasteiger partial charge >= 0.3 is 0 Å². The van der Waals surface area contributed by atoms with Crippen molar-refractivity contribution in [2.45, 2.75) is 31.2 Å². The molecular weight excluding hydrogens is 301 g/mol. The molecule has 0 heterocycles. The Morgan fingerprint density at radius 3 is 2.50 bits per heavy atom. The molecule has 1 fully saturated rings. The number of carbonyl (C=O) groups excluding carboxylic acids is 1. The van der Waals surface area contributed by atoms with E-state index < -0.39 is 5.54 Å². The molecule has 2 nitrogen and oxygen atoms in total. The van der Waals surface area contributed by atoms with Gasteiger partial charge in [0.05, 0.1) is 5.54 Å². The van der Waals surface area contributed by atoms with E-state index in [2.05, 4.69) is 5.32 Å². The van der Waals surface area contributed by atoms with Crippen molar-refractivity contribution in [3.05, 3.63) is 70.5 Å². The van der Waals surface area contributed by atoms with Crippen LogP contribution in [-0.4, -0.2) is 5.91 Å². The molecule has 1 aliphatic rings. The minimum Gasteiger partial charge on any atom is -0.342 e. The number of nitrogens with one attached hydrogen (secondary N) is 1. The van der Waals surface area contributed by atoms with Crippen LogP contribution in [0, 0.1) is 5.82 Å². The Hall–Kier alpha value is -1.87. The molecule has 4 heteroatoms. The molecular formula is C18H17ClFNO. The third-order valence-electron chi connectivity index (χ3n) is 4.29. The Balaban J connectivity index is 1.93. The van der Waals surface area contributed by atoms with Crippen molar-refractivity contribution in [1.29, 1.82) is 0 Å². The lowest BCUT2D eigenvalue weighted by Gasteiger charge is -2.31. The largest absolute Gasteiger partial charge is 0.342 e. The number of rotatable bonds is 3. The average Bonchev–Trinajstić information content (AvgIpc) is 2.97. The summed E-state index contributed by atoms with van der Waals surface area (Å²) in [7, 11) is 0. The van der Waals surface area contributed by atoms with Crippen LogP contribution in [0.25, 0.3) is 0 Å². The van der Waals surface area contributed by atoms with Gasteiger partial charge in [-0.05, 0) is 37.1 Å². The van der Waals surface area contributed by atoms with Gasteiger partial charge in [-0.2, -0.15) is 0 Å². The molecule has 0 saturated heterocycles. The van der Waals surface area contributed by atoms with E-state index in [1.54, 1.807) is 36.4 Å². The van der Waals surface area contributed by atoms with Gasteiger partial charge in [0, 0.05) is 16.1 Å². The van der Waals surface area contributed by atoms with Crippen LogP contribution in [0.3, 0.4) is 0 Å². The van der Waals surface area contributed by atoms with Crippen molar-refractivity contribution in [2.75, 3.05) is 0 Å². The molecule has 1 saturated carbocycles. The van der Waals surface area contributed by atoms with Gasteiger partial charge in [0.15, 0.2) is 0 Å². The second kappa shape index (κ2) is 6.09. The minimum absolute atomic E-state index is 0.215. The van der Waals surface area contributed by atoms with Crippen molar-refractivity contribution in [1.82, 2.24) is 5.32 Å². The Morgan fingerprint density at radius 1 is 1.09 bits per heavy atom. The molecule has 1 aliphatic carbocycles. The highest BCUT2D eigenvalue weighted by Crippen LogP contribution is 2.40. The monoisotopic (exact) mass is 317 g/mol. The lowest BCUT2D eigenvalue weighted by atomic mass is 9.87. The fourth-order valence-electron chi connectivity index (χ4n) is 3.21. The van der Waals surface area contributed by atoms with Crippen molar-refractivity contribution in [2.24, 2.45) is 0 Å². The molecule has 2 aromatic rings. The lowest BCUT2D eigenvalue weighted by molar-refractivity contribution is 0.0896. The molecule has 0 aromatic heterocycles. The second-order valence-corrected chi connectivity index (χ2v) is 6.17. The van der Waals surface area contributed by atoms with Gasteiger partial charge in [0.2, 0.25) is 0 Å². The van der Waals surface area contributed by atoms with E-state index in [-0.39, 0.29) is 11.7 Å². The highest BCUT2D eigenvalue weighted by molar-refractivity contribution is 6.30. The normalized spacial score (nSPS) is 16.5. The molecule has 2 aromatic carbocycles. The third kappa shape index (κ3) is 2.86. The highest BCUT2D eigenvalue weighted by atomic mass is 35.5. The summed E-state index contributed by atoms with van der Waals surface area (Å²) < 4.78 is 14.2. The molecule has 0 spiro atoms. The van der Waals surface area contributed by atoms with Crippen LogP contribution in [-0.2, 0) is 5.54 Å². The Kier molecular flexibility index (Phi) is 4.16. The van der Waals surface area contributed by atoms with E-state index in [9.17, 15) is 9.18 Å². The standard InChI is InChI=1S/C18H17ClFNO/c19-14-7-5-6-13(12-14)17(22)21-18(10-3-4-11-18)15-8-1-2-9-16(15)20/h1-2,5-9,12H,3-4,10-11H2,(H,21,22). The van der Waals surface area contributed by atoms with E-state index in [1.165, 1.54) is 6.07 Å². The first kappa shape index (κ1) is 15.0. The van der Waals surface area contributed by atoms with Crippen LogP contribution in [0.15, 0.2) is 48.5 Å². The van der Waals surface area contributed by atoms with Crippen molar-refractivity contribution in [3.63, 3.8) is 0 Å². The summed E-state index contributed by atoms with van der Waals surface area (Å²) in [5.74, 6) is -0.483. The molecule has 1 N–H and O–H groups in total. The molecule has 0 unspecified atom stereocenters. The number of hydrogen-bond donors (Lipinski definition) is 1. The van der Waals surface area contributed by atoms with Gasteiger partial charge in [0.25, 0.3) is 5.91 Å². The molecule has 3 rings (SSSR count). The van der Waals surface area contributed by atoms with E-state index in [4.69, 9.17) is 11.6 Å². The Bertz CT molecular complexity index is 695. The van der Waals surface area contributed by atoms with Crippen molar-refractivity contribution < 1.29 is 9.18 Å². The number of carbonyl (C=O) groups is 1. The maximum atomic E-state index is 14.2. The van der Waals surface area contributed by atoms with Gasteiger partial charge in [-0.25, -0.2) is 4.39 Å². The summed E-state index contributed by atoms with van der Waals surface area (Å²) in [6.07, 6.45) is 3.45. The van der Waals surface area contributed by atoms with Crippen molar-refractivity contribution in [3.8, 4) is 0 Å². The number of hydrogen-bond acceptors (Lipinski definition) is 1. The van der Waals surface area contributed by atoms with Gasteiger partial charge < -0.3 is 5.32 Å². The first-order chi connectivity index (χ1) is 10.6. The average molecular weight is 318 g/mol. The third-order valence-corrected chi connectivity index (χ3v) is 4.52.